The molecule has 0 radical (unpaired) electrons. The number of carbonyl (C=O) groups excluding carboxylic acids is 1. The van der Waals surface area contributed by atoms with Crippen molar-refractivity contribution in [2.24, 2.45) is 23.7 Å². The SMILES string of the molecule is C[C@H]1C[C@@H](C(=O)NC23CC4CC(CC(C4)C2)C3)CCN1.Cl. The molecule has 0 aromatic rings. The third-order valence-electron chi connectivity index (χ3n) is 6.42. The summed E-state index contributed by atoms with van der Waals surface area (Å²) in [6, 6.07) is 0.496. The first-order valence-corrected chi connectivity index (χ1v) is 8.67. The van der Waals surface area contributed by atoms with E-state index in [1.165, 1.54) is 38.5 Å². The Hall–Kier alpha value is -0.280. The lowest BCUT2D eigenvalue weighted by Crippen LogP contribution is -2.61. The van der Waals surface area contributed by atoms with Gasteiger partial charge in [0.1, 0.15) is 0 Å². The molecule has 120 valence electrons. The fourth-order valence-electron chi connectivity index (χ4n) is 6.00. The molecule has 0 aromatic carbocycles. The number of hydrogen-bond donors (Lipinski definition) is 2. The van der Waals surface area contributed by atoms with E-state index in [4.69, 9.17) is 0 Å². The van der Waals surface area contributed by atoms with Crippen molar-refractivity contribution < 1.29 is 4.79 Å². The van der Waals surface area contributed by atoms with Gasteiger partial charge in [0.25, 0.3) is 0 Å². The molecule has 1 heterocycles. The summed E-state index contributed by atoms with van der Waals surface area (Å²) >= 11 is 0. The third kappa shape index (κ3) is 2.96. The minimum Gasteiger partial charge on any atom is -0.350 e. The molecule has 2 N–H and O–H groups in total. The van der Waals surface area contributed by atoms with E-state index >= 15 is 0 Å². The second kappa shape index (κ2) is 5.73. The maximum Gasteiger partial charge on any atom is 0.223 e. The van der Waals surface area contributed by atoms with Gasteiger partial charge in [-0.15, -0.1) is 12.4 Å². The number of halogens is 1. The first kappa shape index (κ1) is 15.6. The summed E-state index contributed by atoms with van der Waals surface area (Å²) in [6.45, 7) is 3.20. The van der Waals surface area contributed by atoms with Crippen LogP contribution in [0.1, 0.15) is 58.3 Å². The van der Waals surface area contributed by atoms with Gasteiger partial charge < -0.3 is 10.6 Å². The first-order valence-electron chi connectivity index (χ1n) is 8.67. The molecule has 1 aliphatic heterocycles. The summed E-state index contributed by atoms with van der Waals surface area (Å²) in [6.07, 6.45) is 10.2. The van der Waals surface area contributed by atoms with Gasteiger partial charge in [-0.1, -0.05) is 0 Å². The van der Waals surface area contributed by atoms with E-state index in [-0.39, 0.29) is 23.9 Å². The minimum atomic E-state index is 0. The molecule has 4 heteroatoms. The molecular weight excluding hydrogens is 284 g/mol. The van der Waals surface area contributed by atoms with E-state index in [0.717, 1.165) is 37.1 Å². The standard InChI is InChI=1S/C17H28N2O.ClH/c1-11-4-15(2-3-18-11)16(20)19-17-8-12-5-13(9-17)7-14(6-12)10-17;/h11-15,18H,2-10H2,1H3,(H,19,20);1H/t11-,12?,13?,14?,15-,17?;/m0./s1. The van der Waals surface area contributed by atoms with E-state index < -0.39 is 0 Å². The van der Waals surface area contributed by atoms with Crippen LogP contribution in [-0.2, 0) is 4.79 Å². The Bertz CT molecular complexity index is 376. The minimum absolute atomic E-state index is 0. The van der Waals surface area contributed by atoms with Crippen LogP contribution in [0.15, 0.2) is 0 Å². The average molecular weight is 313 g/mol. The van der Waals surface area contributed by atoms with Crippen molar-refractivity contribution in [3.8, 4) is 0 Å². The summed E-state index contributed by atoms with van der Waals surface area (Å²) in [5, 5.41) is 6.99. The van der Waals surface area contributed by atoms with Gasteiger partial charge in [-0.2, -0.15) is 0 Å². The van der Waals surface area contributed by atoms with Crippen LogP contribution in [0.2, 0.25) is 0 Å². The van der Waals surface area contributed by atoms with Gasteiger partial charge in [0.05, 0.1) is 0 Å². The molecule has 21 heavy (non-hydrogen) atoms. The Kier molecular flexibility index (Phi) is 4.26. The topological polar surface area (TPSA) is 41.1 Å². The molecule has 5 aliphatic rings. The molecule has 0 spiro atoms. The third-order valence-corrected chi connectivity index (χ3v) is 6.42. The lowest BCUT2D eigenvalue weighted by Gasteiger charge is -2.57. The summed E-state index contributed by atoms with van der Waals surface area (Å²) in [7, 11) is 0. The number of nitrogens with one attached hydrogen (secondary N) is 2. The molecule has 1 amide bonds. The first-order chi connectivity index (χ1) is 9.62. The molecular formula is C17H29ClN2O. The Morgan fingerprint density at radius 3 is 2.14 bits per heavy atom. The molecule has 2 atom stereocenters. The van der Waals surface area contributed by atoms with E-state index in [2.05, 4.69) is 17.6 Å². The largest absolute Gasteiger partial charge is 0.350 e. The molecule has 3 nitrogen and oxygen atoms in total. The maximum atomic E-state index is 12.7. The lowest BCUT2D eigenvalue weighted by atomic mass is 9.53. The Morgan fingerprint density at radius 2 is 1.62 bits per heavy atom. The van der Waals surface area contributed by atoms with Gasteiger partial charge in [0.2, 0.25) is 5.91 Å². The smallest absolute Gasteiger partial charge is 0.223 e. The Labute approximate surface area is 134 Å². The Morgan fingerprint density at radius 1 is 1.05 bits per heavy atom. The second-order valence-electron chi connectivity index (χ2n) is 8.26. The van der Waals surface area contributed by atoms with Crippen LogP contribution in [0.25, 0.3) is 0 Å². The zero-order valence-corrected chi connectivity index (χ0v) is 13.9. The molecule has 5 fully saturated rings. The maximum absolute atomic E-state index is 12.7. The van der Waals surface area contributed by atoms with E-state index in [0.29, 0.717) is 11.9 Å². The number of carbonyl (C=O) groups is 1. The zero-order chi connectivity index (χ0) is 13.7. The fourth-order valence-corrected chi connectivity index (χ4v) is 6.00. The molecule has 4 bridgehead atoms. The summed E-state index contributed by atoms with van der Waals surface area (Å²) in [4.78, 5) is 12.7. The normalized spacial score (nSPS) is 47.8. The molecule has 0 unspecified atom stereocenters. The molecule has 4 aliphatic carbocycles. The quantitative estimate of drug-likeness (QED) is 0.823. The number of rotatable bonds is 2. The highest BCUT2D eigenvalue weighted by atomic mass is 35.5. The van der Waals surface area contributed by atoms with Crippen LogP contribution in [0, 0.1) is 23.7 Å². The van der Waals surface area contributed by atoms with Crippen LogP contribution in [0.5, 0.6) is 0 Å². The van der Waals surface area contributed by atoms with E-state index in [1.807, 2.05) is 0 Å². The second-order valence-corrected chi connectivity index (χ2v) is 8.26. The van der Waals surface area contributed by atoms with Crippen molar-refractivity contribution >= 4 is 18.3 Å². The van der Waals surface area contributed by atoms with Crippen molar-refractivity contribution in [1.29, 1.82) is 0 Å². The Balaban J connectivity index is 0.00000132. The van der Waals surface area contributed by atoms with Crippen LogP contribution < -0.4 is 10.6 Å². The number of piperidine rings is 1. The van der Waals surface area contributed by atoms with Crippen molar-refractivity contribution in [2.45, 2.75) is 69.9 Å². The lowest BCUT2D eigenvalue weighted by molar-refractivity contribution is -0.131. The van der Waals surface area contributed by atoms with Crippen LogP contribution in [-0.4, -0.2) is 24.0 Å². The number of amides is 1. The number of hydrogen-bond acceptors (Lipinski definition) is 2. The van der Waals surface area contributed by atoms with E-state index in [9.17, 15) is 4.79 Å². The predicted molar refractivity (Wildman–Crippen MR) is 86.5 cm³/mol. The van der Waals surface area contributed by atoms with Gasteiger partial charge in [-0.25, -0.2) is 0 Å². The zero-order valence-electron chi connectivity index (χ0n) is 13.1. The van der Waals surface area contributed by atoms with Gasteiger partial charge >= 0.3 is 0 Å². The van der Waals surface area contributed by atoms with Gasteiger partial charge in [0.15, 0.2) is 0 Å². The van der Waals surface area contributed by atoms with Crippen molar-refractivity contribution in [2.75, 3.05) is 6.54 Å². The van der Waals surface area contributed by atoms with Crippen molar-refractivity contribution in [1.82, 2.24) is 10.6 Å². The van der Waals surface area contributed by atoms with Gasteiger partial charge in [-0.05, 0) is 82.6 Å². The highest BCUT2D eigenvalue weighted by Crippen LogP contribution is 2.55. The predicted octanol–water partition coefficient (Wildman–Crippen LogP) is 2.88. The van der Waals surface area contributed by atoms with Gasteiger partial charge in [-0.3, -0.25) is 4.79 Å². The van der Waals surface area contributed by atoms with Crippen molar-refractivity contribution in [3.63, 3.8) is 0 Å². The van der Waals surface area contributed by atoms with Crippen LogP contribution in [0.3, 0.4) is 0 Å². The van der Waals surface area contributed by atoms with Crippen molar-refractivity contribution in [3.05, 3.63) is 0 Å². The highest BCUT2D eigenvalue weighted by Gasteiger charge is 2.51. The van der Waals surface area contributed by atoms with E-state index in [1.54, 1.807) is 0 Å². The summed E-state index contributed by atoms with van der Waals surface area (Å²) < 4.78 is 0. The molecule has 4 saturated carbocycles. The summed E-state index contributed by atoms with van der Waals surface area (Å²) in [5.41, 5.74) is 0.194. The van der Waals surface area contributed by atoms with Gasteiger partial charge in [0, 0.05) is 17.5 Å². The fraction of sp³-hybridized carbons (Fsp3) is 0.941. The van der Waals surface area contributed by atoms with Crippen LogP contribution in [0.4, 0.5) is 0 Å². The van der Waals surface area contributed by atoms with Crippen LogP contribution >= 0.6 is 12.4 Å². The monoisotopic (exact) mass is 312 g/mol. The average Bonchev–Trinajstić information content (AvgIpc) is 2.36. The molecule has 5 rings (SSSR count). The highest BCUT2D eigenvalue weighted by molar-refractivity contribution is 5.85. The summed E-state index contributed by atoms with van der Waals surface area (Å²) in [5.74, 6) is 3.34. The molecule has 1 saturated heterocycles. The molecule has 0 aromatic heterocycles.